The van der Waals surface area contributed by atoms with Crippen molar-refractivity contribution in [2.75, 3.05) is 0 Å². The molecule has 2 heterocycles. The molecule has 0 bridgehead atoms. The highest BCUT2D eigenvalue weighted by Crippen LogP contribution is 2.47. The molecule has 1 atom stereocenters. The molecule has 27 heavy (non-hydrogen) atoms. The van der Waals surface area contributed by atoms with Crippen molar-refractivity contribution in [2.24, 2.45) is 5.73 Å². The predicted octanol–water partition coefficient (Wildman–Crippen LogP) is 4.23. The lowest BCUT2D eigenvalue weighted by atomic mass is 9.82. The maximum atomic E-state index is 14.7. The third-order valence-corrected chi connectivity index (χ3v) is 4.69. The quantitative estimate of drug-likeness (QED) is 0.692. The van der Waals surface area contributed by atoms with E-state index in [2.05, 4.69) is 10.2 Å². The number of nitrogens with zero attached hydrogens (tertiary/aromatic N) is 2. The number of allylic oxidation sites excluding steroid dienone is 1. The topological polar surface area (TPSA) is 87.7 Å². The first kappa shape index (κ1) is 17.1. The molecular formula is C19H11ClF2N4O. The molecule has 4 rings (SSSR count). The number of fused-ring (bicyclic) bond motifs is 1. The van der Waals surface area contributed by atoms with Crippen molar-refractivity contribution < 1.29 is 13.5 Å². The molecule has 0 aliphatic carbocycles. The van der Waals surface area contributed by atoms with E-state index in [-0.39, 0.29) is 27.9 Å². The number of nitrogens with two attached hydrogens (primary N) is 1. The molecule has 0 fully saturated rings. The van der Waals surface area contributed by atoms with Crippen LogP contribution in [0.15, 0.2) is 53.9 Å². The minimum Gasteiger partial charge on any atom is -0.420 e. The molecule has 0 saturated carbocycles. The lowest BCUT2D eigenvalue weighted by Gasteiger charge is -2.25. The van der Waals surface area contributed by atoms with Gasteiger partial charge >= 0.3 is 0 Å². The Morgan fingerprint density at radius 2 is 1.89 bits per heavy atom. The first-order chi connectivity index (χ1) is 13.0. The predicted molar refractivity (Wildman–Crippen MR) is 94.7 cm³/mol. The molecule has 1 aliphatic rings. The third kappa shape index (κ3) is 2.71. The smallest absolute Gasteiger partial charge is 0.244 e. The Labute approximate surface area is 157 Å². The number of aromatic amines is 1. The SMILES string of the molecule is N#CC1=C(N)Oc2n[nH]c(-c3ccc(F)cc3)c2C1c1c(F)cccc1Cl. The maximum absolute atomic E-state index is 14.7. The number of hydrogen-bond donors (Lipinski definition) is 2. The number of H-pyrrole nitrogens is 1. The Bertz CT molecular complexity index is 1100. The van der Waals surface area contributed by atoms with Crippen LogP contribution in [-0.2, 0) is 0 Å². The van der Waals surface area contributed by atoms with Crippen molar-refractivity contribution in [1.29, 1.82) is 5.26 Å². The van der Waals surface area contributed by atoms with Gasteiger partial charge in [0.15, 0.2) is 0 Å². The van der Waals surface area contributed by atoms with Crippen LogP contribution in [-0.4, -0.2) is 10.2 Å². The molecule has 5 nitrogen and oxygen atoms in total. The number of nitriles is 1. The van der Waals surface area contributed by atoms with Crippen LogP contribution in [0.5, 0.6) is 5.88 Å². The van der Waals surface area contributed by atoms with Crippen LogP contribution in [0.2, 0.25) is 5.02 Å². The summed E-state index contributed by atoms with van der Waals surface area (Å²) < 4.78 is 33.4. The summed E-state index contributed by atoms with van der Waals surface area (Å²) in [6, 6.07) is 11.9. The molecule has 8 heteroatoms. The molecule has 0 spiro atoms. The molecule has 1 aromatic heterocycles. The Morgan fingerprint density at radius 1 is 1.15 bits per heavy atom. The van der Waals surface area contributed by atoms with Gasteiger partial charge in [0, 0.05) is 16.1 Å². The summed E-state index contributed by atoms with van der Waals surface area (Å²) in [6.45, 7) is 0. The first-order valence-electron chi connectivity index (χ1n) is 7.87. The van der Waals surface area contributed by atoms with Crippen LogP contribution in [0.4, 0.5) is 8.78 Å². The lowest BCUT2D eigenvalue weighted by molar-refractivity contribution is 0.378. The van der Waals surface area contributed by atoms with Crippen LogP contribution in [0.25, 0.3) is 11.3 Å². The summed E-state index contributed by atoms with van der Waals surface area (Å²) in [5, 5.41) is 16.6. The van der Waals surface area contributed by atoms with Gasteiger partial charge in [-0.2, -0.15) is 5.26 Å². The number of benzene rings is 2. The van der Waals surface area contributed by atoms with E-state index < -0.39 is 17.6 Å². The van der Waals surface area contributed by atoms with E-state index >= 15 is 0 Å². The molecule has 0 saturated heterocycles. The standard InChI is InChI=1S/C19H11ClF2N4O/c20-12-2-1-3-13(22)15(12)14-11(8-23)18(24)27-19-16(14)17(25-26-19)9-4-6-10(21)7-5-9/h1-7,14H,24H2,(H,25,26). The van der Waals surface area contributed by atoms with Crippen LogP contribution < -0.4 is 10.5 Å². The molecule has 3 N–H and O–H groups in total. The Kier molecular flexibility index (Phi) is 4.05. The van der Waals surface area contributed by atoms with Crippen molar-refractivity contribution in [3.05, 3.63) is 81.7 Å². The average Bonchev–Trinajstić information content (AvgIpc) is 3.05. The Balaban J connectivity index is 2.00. The van der Waals surface area contributed by atoms with Crippen LogP contribution >= 0.6 is 11.6 Å². The van der Waals surface area contributed by atoms with E-state index in [0.29, 0.717) is 16.8 Å². The zero-order valence-corrected chi connectivity index (χ0v) is 14.4. The van der Waals surface area contributed by atoms with Gasteiger partial charge in [-0.05, 0) is 36.4 Å². The van der Waals surface area contributed by atoms with E-state index in [1.54, 1.807) is 0 Å². The van der Waals surface area contributed by atoms with E-state index in [9.17, 15) is 14.0 Å². The number of halogens is 3. The summed E-state index contributed by atoms with van der Waals surface area (Å²) in [5.41, 5.74) is 7.41. The maximum Gasteiger partial charge on any atom is 0.244 e. The van der Waals surface area contributed by atoms with Gasteiger partial charge < -0.3 is 10.5 Å². The Hall–Kier alpha value is -3.37. The van der Waals surface area contributed by atoms with Gasteiger partial charge in [0.25, 0.3) is 0 Å². The summed E-state index contributed by atoms with van der Waals surface area (Å²) >= 11 is 6.25. The van der Waals surface area contributed by atoms with Crippen molar-refractivity contribution in [1.82, 2.24) is 10.2 Å². The van der Waals surface area contributed by atoms with Gasteiger partial charge in [0.05, 0.1) is 17.2 Å². The number of ether oxygens (including phenoxy) is 1. The molecule has 2 aromatic carbocycles. The fourth-order valence-electron chi connectivity index (χ4n) is 3.16. The Morgan fingerprint density at radius 3 is 2.56 bits per heavy atom. The van der Waals surface area contributed by atoms with E-state index in [4.69, 9.17) is 22.1 Å². The molecule has 1 aliphatic heterocycles. The van der Waals surface area contributed by atoms with Gasteiger partial charge in [-0.15, -0.1) is 5.10 Å². The van der Waals surface area contributed by atoms with Gasteiger partial charge in [-0.25, -0.2) is 8.78 Å². The first-order valence-corrected chi connectivity index (χ1v) is 8.24. The highest BCUT2D eigenvalue weighted by molar-refractivity contribution is 6.31. The molecule has 0 amide bonds. The summed E-state index contributed by atoms with van der Waals surface area (Å²) in [6.07, 6.45) is 0. The number of hydrogen-bond acceptors (Lipinski definition) is 4. The third-order valence-electron chi connectivity index (χ3n) is 4.36. The monoisotopic (exact) mass is 384 g/mol. The second-order valence-electron chi connectivity index (χ2n) is 5.88. The molecule has 1 unspecified atom stereocenters. The van der Waals surface area contributed by atoms with Gasteiger partial charge in [0.1, 0.15) is 23.3 Å². The summed E-state index contributed by atoms with van der Waals surface area (Å²) in [5.74, 6) is -1.99. The normalized spacial score (nSPS) is 15.9. The van der Waals surface area contributed by atoms with Crippen molar-refractivity contribution >= 4 is 11.6 Å². The zero-order chi connectivity index (χ0) is 19.1. The molecular weight excluding hydrogens is 374 g/mol. The van der Waals surface area contributed by atoms with Gasteiger partial charge in [0.2, 0.25) is 11.8 Å². The lowest BCUT2D eigenvalue weighted by Crippen LogP contribution is -2.21. The molecule has 134 valence electrons. The summed E-state index contributed by atoms with van der Waals surface area (Å²) in [4.78, 5) is 0. The second kappa shape index (κ2) is 6.41. The van der Waals surface area contributed by atoms with E-state index in [1.807, 2.05) is 6.07 Å². The number of rotatable bonds is 2. The summed E-state index contributed by atoms with van der Waals surface area (Å²) in [7, 11) is 0. The molecule has 3 aromatic rings. The van der Waals surface area contributed by atoms with Crippen molar-refractivity contribution in [2.45, 2.75) is 5.92 Å². The fourth-order valence-corrected chi connectivity index (χ4v) is 3.43. The minimum absolute atomic E-state index is 0.0132. The van der Waals surface area contributed by atoms with Crippen LogP contribution in [0.3, 0.4) is 0 Å². The molecule has 0 radical (unpaired) electrons. The fraction of sp³-hybridized carbons (Fsp3) is 0.0526. The van der Waals surface area contributed by atoms with Crippen molar-refractivity contribution in [3.8, 4) is 23.2 Å². The van der Waals surface area contributed by atoms with Crippen LogP contribution in [0, 0.1) is 23.0 Å². The largest absolute Gasteiger partial charge is 0.420 e. The van der Waals surface area contributed by atoms with Crippen molar-refractivity contribution in [3.63, 3.8) is 0 Å². The van der Waals surface area contributed by atoms with Gasteiger partial charge in [-0.3, -0.25) is 5.10 Å². The number of nitrogens with one attached hydrogen (secondary N) is 1. The van der Waals surface area contributed by atoms with E-state index in [1.165, 1.54) is 42.5 Å². The minimum atomic E-state index is -0.925. The zero-order valence-electron chi connectivity index (χ0n) is 13.6. The van der Waals surface area contributed by atoms with Gasteiger partial charge in [-0.1, -0.05) is 17.7 Å². The second-order valence-corrected chi connectivity index (χ2v) is 6.29. The highest BCUT2D eigenvalue weighted by Gasteiger charge is 2.38. The van der Waals surface area contributed by atoms with Crippen LogP contribution in [0.1, 0.15) is 17.0 Å². The highest BCUT2D eigenvalue weighted by atomic mass is 35.5. The average molecular weight is 385 g/mol. The number of aromatic nitrogens is 2. The van der Waals surface area contributed by atoms with E-state index in [0.717, 1.165) is 0 Å².